The molecule has 1 fully saturated rings. The Kier molecular flexibility index (Phi) is 6.69. The number of nitrogens with zero attached hydrogens (tertiary/aromatic N) is 2. The standard InChI is InChI=1S/C21H24F3N3O3/c1-14(30-18-6-4-17(29-2)5-7-18)20(28)26-16-9-11-27(12-10-16)19-8-3-15(13-25-19)21(22,23)24/h3-8,13-14,16H,9-12H2,1-2H3,(H,26,28). The number of pyridine rings is 1. The molecule has 9 heteroatoms. The maximum absolute atomic E-state index is 12.7. The van der Waals surface area contributed by atoms with Crippen LogP contribution >= 0.6 is 0 Å². The van der Waals surface area contributed by atoms with Gasteiger partial charge in [0.05, 0.1) is 12.7 Å². The van der Waals surface area contributed by atoms with E-state index in [1.807, 2.05) is 4.90 Å². The molecule has 1 aliphatic rings. The number of rotatable bonds is 6. The normalized spacial score (nSPS) is 16.1. The third-order valence-corrected chi connectivity index (χ3v) is 4.98. The Morgan fingerprint density at radius 1 is 1.13 bits per heavy atom. The number of hydrogen-bond acceptors (Lipinski definition) is 5. The highest BCUT2D eigenvalue weighted by atomic mass is 19.4. The number of carbonyl (C=O) groups excluding carboxylic acids is 1. The average Bonchev–Trinajstić information content (AvgIpc) is 2.74. The zero-order valence-corrected chi connectivity index (χ0v) is 16.8. The van der Waals surface area contributed by atoms with E-state index >= 15 is 0 Å². The molecule has 162 valence electrons. The van der Waals surface area contributed by atoms with Crippen LogP contribution in [0.5, 0.6) is 11.5 Å². The van der Waals surface area contributed by atoms with Gasteiger partial charge in [-0.1, -0.05) is 0 Å². The molecule has 1 saturated heterocycles. The Hall–Kier alpha value is -2.97. The Morgan fingerprint density at radius 2 is 1.77 bits per heavy atom. The molecule has 6 nitrogen and oxygen atoms in total. The highest BCUT2D eigenvalue weighted by molar-refractivity contribution is 5.81. The van der Waals surface area contributed by atoms with E-state index in [-0.39, 0.29) is 11.9 Å². The van der Waals surface area contributed by atoms with Gasteiger partial charge in [0.15, 0.2) is 6.10 Å². The van der Waals surface area contributed by atoms with Crippen molar-refractivity contribution in [2.24, 2.45) is 0 Å². The number of anilines is 1. The number of piperidine rings is 1. The fourth-order valence-electron chi connectivity index (χ4n) is 3.22. The minimum atomic E-state index is -4.40. The summed E-state index contributed by atoms with van der Waals surface area (Å²) >= 11 is 0. The number of halogens is 3. The number of ether oxygens (including phenoxy) is 2. The highest BCUT2D eigenvalue weighted by Crippen LogP contribution is 2.29. The van der Waals surface area contributed by atoms with Crippen LogP contribution in [0.3, 0.4) is 0 Å². The van der Waals surface area contributed by atoms with Crippen molar-refractivity contribution in [2.45, 2.75) is 38.1 Å². The van der Waals surface area contributed by atoms with Crippen LogP contribution < -0.4 is 19.7 Å². The first-order valence-corrected chi connectivity index (χ1v) is 9.65. The van der Waals surface area contributed by atoms with E-state index in [1.54, 1.807) is 38.3 Å². The smallest absolute Gasteiger partial charge is 0.417 e. The van der Waals surface area contributed by atoms with Crippen LogP contribution in [0.25, 0.3) is 0 Å². The van der Waals surface area contributed by atoms with Gasteiger partial charge in [-0.2, -0.15) is 13.2 Å². The van der Waals surface area contributed by atoms with Crippen molar-refractivity contribution in [3.63, 3.8) is 0 Å². The first-order valence-electron chi connectivity index (χ1n) is 9.65. The van der Waals surface area contributed by atoms with E-state index in [9.17, 15) is 18.0 Å². The van der Waals surface area contributed by atoms with Gasteiger partial charge in [-0.3, -0.25) is 4.79 Å². The topological polar surface area (TPSA) is 63.7 Å². The second kappa shape index (κ2) is 9.23. The molecular weight excluding hydrogens is 399 g/mol. The maximum Gasteiger partial charge on any atom is 0.417 e. The highest BCUT2D eigenvalue weighted by Gasteiger charge is 2.31. The van der Waals surface area contributed by atoms with Crippen molar-refractivity contribution in [1.29, 1.82) is 0 Å². The quantitative estimate of drug-likeness (QED) is 0.768. The van der Waals surface area contributed by atoms with Crippen molar-refractivity contribution in [2.75, 3.05) is 25.1 Å². The molecule has 1 atom stereocenters. The molecule has 1 aromatic heterocycles. The second-order valence-corrected chi connectivity index (χ2v) is 7.11. The summed E-state index contributed by atoms with van der Waals surface area (Å²) in [5.41, 5.74) is -0.765. The number of hydrogen-bond donors (Lipinski definition) is 1. The lowest BCUT2D eigenvalue weighted by molar-refractivity contribution is -0.137. The molecule has 1 aromatic carbocycles. The summed E-state index contributed by atoms with van der Waals surface area (Å²) in [6, 6.07) is 9.37. The van der Waals surface area contributed by atoms with Gasteiger partial charge in [0.25, 0.3) is 5.91 Å². The van der Waals surface area contributed by atoms with Crippen molar-refractivity contribution in [3.8, 4) is 11.5 Å². The zero-order valence-electron chi connectivity index (χ0n) is 16.8. The Balaban J connectivity index is 1.47. The summed E-state index contributed by atoms with van der Waals surface area (Å²) in [4.78, 5) is 18.3. The largest absolute Gasteiger partial charge is 0.497 e. The summed E-state index contributed by atoms with van der Waals surface area (Å²) in [7, 11) is 1.57. The molecule has 0 bridgehead atoms. The molecule has 2 heterocycles. The number of aromatic nitrogens is 1. The summed E-state index contributed by atoms with van der Waals surface area (Å²) in [6.07, 6.45) is -2.87. The van der Waals surface area contributed by atoms with Crippen molar-refractivity contribution in [1.82, 2.24) is 10.3 Å². The van der Waals surface area contributed by atoms with Crippen molar-refractivity contribution in [3.05, 3.63) is 48.2 Å². The molecule has 1 aliphatic heterocycles. The van der Waals surface area contributed by atoms with Gasteiger partial charge in [-0.05, 0) is 56.2 Å². The molecule has 1 N–H and O–H groups in total. The number of alkyl halides is 3. The molecule has 0 radical (unpaired) electrons. The zero-order chi connectivity index (χ0) is 21.7. The van der Waals surface area contributed by atoms with E-state index in [1.165, 1.54) is 6.07 Å². The predicted octanol–water partition coefficient (Wildman–Crippen LogP) is 3.66. The predicted molar refractivity (Wildman–Crippen MR) is 106 cm³/mol. The van der Waals surface area contributed by atoms with Gasteiger partial charge < -0.3 is 19.7 Å². The van der Waals surface area contributed by atoms with Crippen molar-refractivity contribution >= 4 is 11.7 Å². The summed E-state index contributed by atoms with van der Waals surface area (Å²) in [5, 5.41) is 2.98. The lowest BCUT2D eigenvalue weighted by Crippen LogP contribution is -2.48. The number of methoxy groups -OCH3 is 1. The first-order chi connectivity index (χ1) is 14.3. The van der Waals surface area contributed by atoms with E-state index < -0.39 is 17.8 Å². The first kappa shape index (κ1) is 21.7. The molecule has 0 aliphatic carbocycles. The minimum absolute atomic E-state index is 0.0230. The number of amides is 1. The van der Waals surface area contributed by atoms with Crippen LogP contribution in [0.2, 0.25) is 0 Å². The second-order valence-electron chi connectivity index (χ2n) is 7.11. The Labute approximate surface area is 173 Å². The van der Waals surface area contributed by atoms with E-state index in [0.29, 0.717) is 43.2 Å². The number of benzene rings is 1. The molecule has 0 spiro atoms. The molecule has 30 heavy (non-hydrogen) atoms. The van der Waals surface area contributed by atoms with Gasteiger partial charge in [0, 0.05) is 25.3 Å². The molecule has 1 unspecified atom stereocenters. The fourth-order valence-corrected chi connectivity index (χ4v) is 3.22. The molecule has 3 rings (SSSR count). The van der Waals surface area contributed by atoms with Gasteiger partial charge in [0.2, 0.25) is 0 Å². The Morgan fingerprint density at radius 3 is 2.30 bits per heavy atom. The minimum Gasteiger partial charge on any atom is -0.497 e. The van der Waals surface area contributed by atoms with Crippen LogP contribution in [0.4, 0.5) is 19.0 Å². The van der Waals surface area contributed by atoms with Crippen LogP contribution in [0.15, 0.2) is 42.6 Å². The third kappa shape index (κ3) is 5.55. The van der Waals surface area contributed by atoms with Gasteiger partial charge >= 0.3 is 6.18 Å². The lowest BCUT2D eigenvalue weighted by Gasteiger charge is -2.33. The number of nitrogens with one attached hydrogen (secondary N) is 1. The molecular formula is C21H24F3N3O3. The van der Waals surface area contributed by atoms with E-state index in [0.717, 1.165) is 12.3 Å². The SMILES string of the molecule is COc1ccc(OC(C)C(=O)NC2CCN(c3ccc(C(F)(F)F)cn3)CC2)cc1. The van der Waals surface area contributed by atoms with Crippen LogP contribution in [0, 0.1) is 0 Å². The van der Waals surface area contributed by atoms with Gasteiger partial charge in [-0.15, -0.1) is 0 Å². The Bertz CT molecular complexity index is 833. The summed E-state index contributed by atoms with van der Waals surface area (Å²) in [6.45, 7) is 2.87. The van der Waals surface area contributed by atoms with Gasteiger partial charge in [0.1, 0.15) is 17.3 Å². The molecule has 1 amide bonds. The maximum atomic E-state index is 12.7. The van der Waals surface area contributed by atoms with Crippen LogP contribution in [-0.2, 0) is 11.0 Å². The fraction of sp³-hybridized carbons (Fsp3) is 0.429. The number of carbonyl (C=O) groups is 1. The molecule has 0 saturated carbocycles. The van der Waals surface area contributed by atoms with Crippen molar-refractivity contribution < 1.29 is 27.4 Å². The third-order valence-electron chi connectivity index (χ3n) is 4.98. The molecule has 2 aromatic rings. The van der Waals surface area contributed by atoms with E-state index in [4.69, 9.17) is 9.47 Å². The van der Waals surface area contributed by atoms with Gasteiger partial charge in [-0.25, -0.2) is 4.98 Å². The lowest BCUT2D eigenvalue weighted by atomic mass is 10.0. The van der Waals surface area contributed by atoms with Crippen LogP contribution in [0.1, 0.15) is 25.3 Å². The average molecular weight is 423 g/mol. The summed E-state index contributed by atoms with van der Waals surface area (Å²) in [5.74, 6) is 1.57. The summed E-state index contributed by atoms with van der Waals surface area (Å²) < 4.78 is 48.7. The van der Waals surface area contributed by atoms with Crippen LogP contribution in [-0.4, -0.2) is 43.2 Å². The van der Waals surface area contributed by atoms with E-state index in [2.05, 4.69) is 10.3 Å². The monoisotopic (exact) mass is 423 g/mol.